The number of hydrogen-bond donors (Lipinski definition) is 1. The summed E-state index contributed by atoms with van der Waals surface area (Å²) in [5.41, 5.74) is 3.86. The predicted molar refractivity (Wildman–Crippen MR) is 107 cm³/mol. The van der Waals surface area contributed by atoms with Crippen LogP contribution in [-0.4, -0.2) is 56.0 Å². The Kier molecular flexibility index (Phi) is 5.44. The van der Waals surface area contributed by atoms with Crippen molar-refractivity contribution >= 4 is 5.91 Å². The van der Waals surface area contributed by atoms with Crippen LogP contribution in [0.4, 0.5) is 0 Å². The molecular weight excluding hydrogens is 352 g/mol. The number of aromatic nitrogens is 4. The minimum absolute atomic E-state index is 0.0167. The van der Waals surface area contributed by atoms with Gasteiger partial charge in [0.15, 0.2) is 5.82 Å². The van der Waals surface area contributed by atoms with Gasteiger partial charge in [-0.25, -0.2) is 9.97 Å². The zero-order valence-electron chi connectivity index (χ0n) is 17.1. The monoisotopic (exact) mass is 382 g/mol. The summed E-state index contributed by atoms with van der Waals surface area (Å²) in [6.45, 7) is 6.97. The molecule has 2 aliphatic rings. The molecule has 0 aromatic carbocycles. The summed E-state index contributed by atoms with van der Waals surface area (Å²) in [5, 5.41) is 7.31. The Balaban J connectivity index is 1.56. The molecule has 1 saturated heterocycles. The third kappa shape index (κ3) is 3.94. The fourth-order valence-corrected chi connectivity index (χ4v) is 4.24. The van der Waals surface area contributed by atoms with Crippen molar-refractivity contribution in [3.8, 4) is 0 Å². The first-order valence-electron chi connectivity index (χ1n) is 10.4. The lowest BCUT2D eigenvalue weighted by Crippen LogP contribution is -2.40. The molecule has 2 aromatic heterocycles. The zero-order valence-corrected chi connectivity index (χ0v) is 17.1. The van der Waals surface area contributed by atoms with Gasteiger partial charge >= 0.3 is 0 Å². The number of likely N-dealkylation sites (N-methyl/N-ethyl adjacent to an activating group) is 1. The maximum Gasteiger partial charge on any atom is 0.274 e. The van der Waals surface area contributed by atoms with E-state index in [1.54, 1.807) is 0 Å². The summed E-state index contributed by atoms with van der Waals surface area (Å²) >= 11 is 0. The quantitative estimate of drug-likeness (QED) is 0.880. The lowest BCUT2D eigenvalue weighted by Gasteiger charge is -2.35. The summed E-state index contributed by atoms with van der Waals surface area (Å²) in [6, 6.07) is 1.84. The molecule has 0 unspecified atom stereocenters. The van der Waals surface area contributed by atoms with E-state index in [0.717, 1.165) is 69.0 Å². The highest BCUT2D eigenvalue weighted by Gasteiger charge is 2.32. The fourth-order valence-electron chi connectivity index (χ4n) is 4.24. The Morgan fingerprint density at radius 3 is 3.00 bits per heavy atom. The molecule has 1 amide bonds. The molecule has 4 rings (SSSR count). The van der Waals surface area contributed by atoms with E-state index < -0.39 is 0 Å². The summed E-state index contributed by atoms with van der Waals surface area (Å²) in [4.78, 5) is 27.0. The normalized spacial score (nSPS) is 20.4. The van der Waals surface area contributed by atoms with Crippen LogP contribution in [0.15, 0.2) is 12.3 Å². The van der Waals surface area contributed by atoms with Gasteiger partial charge in [0, 0.05) is 49.2 Å². The van der Waals surface area contributed by atoms with Crippen molar-refractivity contribution in [1.82, 2.24) is 30.0 Å². The molecular formula is C21H30N6O. The van der Waals surface area contributed by atoms with Crippen molar-refractivity contribution < 1.29 is 4.79 Å². The van der Waals surface area contributed by atoms with Gasteiger partial charge in [-0.1, -0.05) is 13.8 Å². The Labute approximate surface area is 166 Å². The van der Waals surface area contributed by atoms with E-state index in [0.29, 0.717) is 11.6 Å². The molecule has 28 heavy (non-hydrogen) atoms. The molecule has 0 radical (unpaired) electrons. The van der Waals surface area contributed by atoms with Crippen molar-refractivity contribution in [3.63, 3.8) is 0 Å². The Morgan fingerprint density at radius 1 is 1.32 bits per heavy atom. The number of aromatic amines is 1. The summed E-state index contributed by atoms with van der Waals surface area (Å²) in [7, 11) is 2.12. The standard InChI is InChI=1S/C21H30N6O/c1-14(2)10-16-11-18(25-24-16)21(28)27-8-5-4-6-19(27)20-22-12-15-13-26(3)9-7-17(15)23-20/h11-12,14,19H,4-10,13H2,1-3H3,(H,24,25)/t19-/m0/s1. The van der Waals surface area contributed by atoms with E-state index in [1.165, 1.54) is 5.56 Å². The molecule has 150 valence electrons. The number of piperidine rings is 1. The number of nitrogens with one attached hydrogen (secondary N) is 1. The van der Waals surface area contributed by atoms with Crippen LogP contribution in [-0.2, 0) is 19.4 Å². The maximum absolute atomic E-state index is 13.2. The lowest BCUT2D eigenvalue weighted by atomic mass is 9.99. The third-order valence-electron chi connectivity index (χ3n) is 5.68. The van der Waals surface area contributed by atoms with E-state index in [-0.39, 0.29) is 11.9 Å². The Morgan fingerprint density at radius 2 is 2.18 bits per heavy atom. The highest BCUT2D eigenvalue weighted by molar-refractivity contribution is 5.92. The van der Waals surface area contributed by atoms with Crippen molar-refractivity contribution in [2.24, 2.45) is 5.92 Å². The zero-order chi connectivity index (χ0) is 19.7. The van der Waals surface area contributed by atoms with Gasteiger partial charge in [0.05, 0.1) is 6.04 Å². The fraction of sp³-hybridized carbons (Fsp3) is 0.619. The van der Waals surface area contributed by atoms with Crippen LogP contribution in [0.2, 0.25) is 0 Å². The van der Waals surface area contributed by atoms with Gasteiger partial charge in [-0.05, 0) is 44.7 Å². The van der Waals surface area contributed by atoms with E-state index in [9.17, 15) is 4.79 Å². The molecule has 2 aliphatic heterocycles. The SMILES string of the molecule is CC(C)Cc1cc(C(=O)N2CCCC[C@H]2c2ncc3c(n2)CCN(C)C3)n[nH]1. The van der Waals surface area contributed by atoms with E-state index >= 15 is 0 Å². The Hall–Kier alpha value is -2.28. The van der Waals surface area contributed by atoms with Crippen LogP contribution in [0.25, 0.3) is 0 Å². The first-order valence-corrected chi connectivity index (χ1v) is 10.4. The molecule has 0 bridgehead atoms. The van der Waals surface area contributed by atoms with E-state index in [1.807, 2.05) is 17.2 Å². The average molecular weight is 383 g/mol. The minimum Gasteiger partial charge on any atom is -0.327 e. The van der Waals surface area contributed by atoms with Gasteiger partial charge in [-0.3, -0.25) is 9.89 Å². The lowest BCUT2D eigenvalue weighted by molar-refractivity contribution is 0.0593. The predicted octanol–water partition coefficient (Wildman–Crippen LogP) is 2.75. The molecule has 4 heterocycles. The number of H-pyrrole nitrogens is 1. The Bertz CT molecular complexity index is 845. The molecule has 1 atom stereocenters. The molecule has 1 fully saturated rings. The van der Waals surface area contributed by atoms with Gasteiger partial charge in [0.2, 0.25) is 0 Å². The van der Waals surface area contributed by atoms with Gasteiger partial charge in [-0.15, -0.1) is 0 Å². The van der Waals surface area contributed by atoms with Crippen LogP contribution in [0.3, 0.4) is 0 Å². The minimum atomic E-state index is -0.0588. The number of likely N-dealkylation sites (tertiary alicyclic amines) is 1. The number of nitrogens with zero attached hydrogens (tertiary/aromatic N) is 5. The van der Waals surface area contributed by atoms with E-state index in [2.05, 4.69) is 41.0 Å². The first-order chi connectivity index (χ1) is 13.5. The van der Waals surface area contributed by atoms with Crippen LogP contribution >= 0.6 is 0 Å². The molecule has 7 heteroatoms. The van der Waals surface area contributed by atoms with Crippen molar-refractivity contribution in [3.05, 3.63) is 40.7 Å². The van der Waals surface area contributed by atoms with Crippen molar-refractivity contribution in [2.75, 3.05) is 20.1 Å². The molecule has 0 aliphatic carbocycles. The van der Waals surface area contributed by atoms with E-state index in [4.69, 9.17) is 4.98 Å². The molecule has 0 spiro atoms. The second-order valence-corrected chi connectivity index (χ2v) is 8.57. The highest BCUT2D eigenvalue weighted by atomic mass is 16.2. The molecule has 1 N–H and O–H groups in total. The summed E-state index contributed by atoms with van der Waals surface area (Å²) in [5.74, 6) is 1.29. The maximum atomic E-state index is 13.2. The van der Waals surface area contributed by atoms with Gasteiger partial charge in [0.1, 0.15) is 5.69 Å². The second kappa shape index (κ2) is 7.99. The van der Waals surface area contributed by atoms with Crippen LogP contribution in [0, 0.1) is 5.92 Å². The second-order valence-electron chi connectivity index (χ2n) is 8.57. The number of rotatable bonds is 4. The van der Waals surface area contributed by atoms with Crippen molar-refractivity contribution in [1.29, 1.82) is 0 Å². The number of hydrogen-bond acceptors (Lipinski definition) is 5. The smallest absolute Gasteiger partial charge is 0.274 e. The van der Waals surface area contributed by atoms with Gasteiger partial charge in [0.25, 0.3) is 5.91 Å². The average Bonchev–Trinajstić information content (AvgIpc) is 3.14. The molecule has 2 aromatic rings. The van der Waals surface area contributed by atoms with Crippen molar-refractivity contribution in [2.45, 2.75) is 58.5 Å². The van der Waals surface area contributed by atoms with Gasteiger partial charge in [-0.2, -0.15) is 5.10 Å². The molecule has 0 saturated carbocycles. The van der Waals surface area contributed by atoms with Crippen LogP contribution < -0.4 is 0 Å². The third-order valence-corrected chi connectivity index (χ3v) is 5.68. The van der Waals surface area contributed by atoms with Crippen LogP contribution in [0.5, 0.6) is 0 Å². The molecule has 7 nitrogen and oxygen atoms in total. The van der Waals surface area contributed by atoms with Crippen LogP contribution in [0.1, 0.15) is 72.4 Å². The number of carbonyl (C=O) groups is 1. The largest absolute Gasteiger partial charge is 0.327 e. The summed E-state index contributed by atoms with van der Waals surface area (Å²) < 4.78 is 0. The van der Waals surface area contributed by atoms with Gasteiger partial charge < -0.3 is 9.80 Å². The number of carbonyl (C=O) groups excluding carboxylic acids is 1. The number of amides is 1. The summed E-state index contributed by atoms with van der Waals surface area (Å²) in [6.07, 6.45) is 6.82. The highest BCUT2D eigenvalue weighted by Crippen LogP contribution is 2.31. The first kappa shape index (κ1) is 19.1. The number of fused-ring (bicyclic) bond motifs is 1. The topological polar surface area (TPSA) is 78.0 Å².